The number of hydrogen-bond acceptors (Lipinski definition) is 7. The Labute approximate surface area is 213 Å². The van der Waals surface area contributed by atoms with Crippen LogP contribution in [0.1, 0.15) is 67.5 Å². The summed E-state index contributed by atoms with van der Waals surface area (Å²) in [5.74, 6) is 0. The molecule has 0 unspecified atom stereocenters. The fraction of sp³-hybridized carbons (Fsp3) is 0.414. The number of rotatable bonds is 8. The van der Waals surface area contributed by atoms with E-state index in [2.05, 4.69) is 47.1 Å². The van der Waals surface area contributed by atoms with Crippen molar-refractivity contribution in [1.82, 2.24) is 15.0 Å². The zero-order valence-electron chi connectivity index (χ0n) is 22.1. The van der Waals surface area contributed by atoms with Gasteiger partial charge in [0, 0.05) is 16.8 Å². The van der Waals surface area contributed by atoms with Crippen LogP contribution in [-0.2, 0) is 16.1 Å². The van der Waals surface area contributed by atoms with Crippen molar-refractivity contribution in [3.05, 3.63) is 76.4 Å². The lowest BCUT2D eigenvalue weighted by Crippen LogP contribution is -2.24. The molecule has 0 saturated carbocycles. The van der Waals surface area contributed by atoms with Gasteiger partial charge in [-0.05, 0) is 88.4 Å². The maximum absolute atomic E-state index is 5.82. The number of hydrogen-bond donors (Lipinski definition) is 0. The Morgan fingerprint density at radius 1 is 0.889 bits per heavy atom. The van der Waals surface area contributed by atoms with E-state index in [4.69, 9.17) is 14.7 Å². The Morgan fingerprint density at radius 3 is 2.44 bits per heavy atom. The minimum atomic E-state index is -0.276. The Balaban J connectivity index is 1.39. The largest absolute Gasteiger partial charge is 0.395 e. The zero-order chi connectivity index (χ0) is 25.7. The van der Waals surface area contributed by atoms with E-state index in [-0.39, 0.29) is 5.41 Å². The molecule has 0 amide bonds. The third-order valence-corrected chi connectivity index (χ3v) is 6.02. The van der Waals surface area contributed by atoms with Crippen LogP contribution in [0.25, 0.3) is 11.4 Å². The Kier molecular flexibility index (Phi) is 7.77. The Bertz CT molecular complexity index is 1280. The molecule has 0 aromatic carbocycles. The van der Waals surface area contributed by atoms with E-state index in [1.54, 1.807) is 0 Å². The topological polar surface area (TPSA) is 81.9 Å². The first-order chi connectivity index (χ1) is 17.2. The summed E-state index contributed by atoms with van der Waals surface area (Å²) >= 11 is 0. The lowest BCUT2D eigenvalue weighted by Gasteiger charge is -2.22. The molecule has 3 aromatic heterocycles. The minimum absolute atomic E-state index is 0.276. The molecule has 1 aliphatic rings. The van der Waals surface area contributed by atoms with Gasteiger partial charge in [0.2, 0.25) is 0 Å². The van der Waals surface area contributed by atoms with Gasteiger partial charge in [-0.15, -0.1) is 0 Å². The molecule has 0 spiro atoms. The van der Waals surface area contributed by atoms with Crippen molar-refractivity contribution in [1.29, 1.82) is 0 Å². The number of aryl methyl sites for hydroxylation is 4. The normalized spacial score (nSPS) is 15.1. The molecule has 36 heavy (non-hydrogen) atoms. The summed E-state index contributed by atoms with van der Waals surface area (Å²) in [6.07, 6.45) is 2.87. The van der Waals surface area contributed by atoms with E-state index in [0.717, 1.165) is 70.4 Å². The molecule has 1 aliphatic carbocycles. The number of oxime groups is 2. The summed E-state index contributed by atoms with van der Waals surface area (Å²) in [5, 5.41) is 8.79. The van der Waals surface area contributed by atoms with E-state index in [9.17, 15) is 0 Å². The number of pyridine rings is 3. The maximum Gasteiger partial charge on any atom is 0.125 e. The molecule has 3 heterocycles. The van der Waals surface area contributed by atoms with Gasteiger partial charge in [0.15, 0.2) is 0 Å². The van der Waals surface area contributed by atoms with Crippen molar-refractivity contribution in [3.63, 3.8) is 0 Å². The van der Waals surface area contributed by atoms with Crippen LogP contribution in [-0.4, -0.2) is 39.6 Å². The lowest BCUT2D eigenvalue weighted by atomic mass is 9.94. The monoisotopic (exact) mass is 485 g/mol. The molecule has 0 N–H and O–H groups in total. The highest BCUT2D eigenvalue weighted by atomic mass is 16.6. The maximum atomic E-state index is 5.82. The van der Waals surface area contributed by atoms with Gasteiger partial charge in [-0.1, -0.05) is 36.3 Å². The number of aromatic nitrogens is 3. The molecule has 0 aliphatic heterocycles. The van der Waals surface area contributed by atoms with Gasteiger partial charge < -0.3 is 9.68 Å². The second-order valence-corrected chi connectivity index (χ2v) is 10.3. The summed E-state index contributed by atoms with van der Waals surface area (Å²) in [6, 6.07) is 14.2. The zero-order valence-corrected chi connectivity index (χ0v) is 22.1. The van der Waals surface area contributed by atoms with Crippen LogP contribution in [0.2, 0.25) is 0 Å². The summed E-state index contributed by atoms with van der Waals surface area (Å²) < 4.78 is 0. The van der Waals surface area contributed by atoms with Crippen LogP contribution in [0.15, 0.2) is 52.8 Å². The second-order valence-electron chi connectivity index (χ2n) is 10.3. The summed E-state index contributed by atoms with van der Waals surface area (Å²) in [5.41, 5.74) is 9.12. The number of nitrogens with zero attached hydrogens (tertiary/aromatic N) is 5. The van der Waals surface area contributed by atoms with Crippen molar-refractivity contribution >= 4 is 11.4 Å². The third kappa shape index (κ3) is 6.53. The molecule has 188 valence electrons. The standard InChI is InChI=1S/C29H35N5O2/c1-19-15-21(3)31-27(16-19)22(4)33-35-17-29(5,6)18-36-34-26-12-8-10-23-13-14-25(32-28(23)26)24-11-7-9-20(2)30-24/h7,9,11,13-16H,8,10,12,17-18H2,1-6H3. The van der Waals surface area contributed by atoms with Crippen LogP contribution in [0.5, 0.6) is 0 Å². The summed E-state index contributed by atoms with van der Waals surface area (Å²) in [6.45, 7) is 12.9. The molecule has 7 nitrogen and oxygen atoms in total. The fourth-order valence-corrected chi connectivity index (χ4v) is 4.13. The van der Waals surface area contributed by atoms with E-state index < -0.39 is 0 Å². The molecule has 0 saturated heterocycles. The predicted molar refractivity (Wildman–Crippen MR) is 143 cm³/mol. The second kappa shape index (κ2) is 11.0. The quantitative estimate of drug-likeness (QED) is 0.289. The number of fused-ring (bicyclic) bond motifs is 1. The highest BCUT2D eigenvalue weighted by Crippen LogP contribution is 2.25. The first-order valence-electron chi connectivity index (χ1n) is 12.5. The average Bonchev–Trinajstić information content (AvgIpc) is 2.83. The highest BCUT2D eigenvalue weighted by Gasteiger charge is 2.23. The Hall–Kier alpha value is -3.61. The molecular formula is C29H35N5O2. The van der Waals surface area contributed by atoms with Crippen LogP contribution in [0, 0.1) is 26.2 Å². The van der Waals surface area contributed by atoms with E-state index in [0.29, 0.717) is 13.2 Å². The molecule has 3 aromatic rings. The molecule has 0 fully saturated rings. The molecule has 0 bridgehead atoms. The van der Waals surface area contributed by atoms with E-state index >= 15 is 0 Å². The summed E-state index contributed by atoms with van der Waals surface area (Å²) in [4.78, 5) is 25.6. The van der Waals surface area contributed by atoms with Gasteiger partial charge in [-0.25, -0.2) is 4.98 Å². The van der Waals surface area contributed by atoms with E-state index in [1.807, 2.05) is 57.2 Å². The van der Waals surface area contributed by atoms with Gasteiger partial charge in [0.05, 0.1) is 22.8 Å². The molecule has 0 radical (unpaired) electrons. The van der Waals surface area contributed by atoms with Crippen molar-refractivity contribution < 1.29 is 9.68 Å². The van der Waals surface area contributed by atoms with Crippen molar-refractivity contribution in [2.24, 2.45) is 15.7 Å². The molecule has 0 atom stereocenters. The summed E-state index contributed by atoms with van der Waals surface area (Å²) in [7, 11) is 0. The van der Waals surface area contributed by atoms with Crippen LogP contribution < -0.4 is 0 Å². The average molecular weight is 486 g/mol. The molecule has 4 rings (SSSR count). The van der Waals surface area contributed by atoms with Gasteiger partial charge in [0.25, 0.3) is 0 Å². The van der Waals surface area contributed by atoms with Gasteiger partial charge in [0.1, 0.15) is 24.6 Å². The smallest absolute Gasteiger partial charge is 0.125 e. The van der Waals surface area contributed by atoms with Gasteiger partial charge in [-0.3, -0.25) is 9.97 Å². The van der Waals surface area contributed by atoms with Crippen LogP contribution in [0.4, 0.5) is 0 Å². The van der Waals surface area contributed by atoms with Crippen molar-refractivity contribution in [2.45, 2.75) is 60.8 Å². The minimum Gasteiger partial charge on any atom is -0.395 e. The van der Waals surface area contributed by atoms with Crippen LogP contribution in [0.3, 0.4) is 0 Å². The first-order valence-corrected chi connectivity index (χ1v) is 12.5. The fourth-order valence-electron chi connectivity index (χ4n) is 4.13. The van der Waals surface area contributed by atoms with Crippen molar-refractivity contribution in [2.75, 3.05) is 13.2 Å². The molecule has 7 heteroatoms. The third-order valence-electron chi connectivity index (χ3n) is 6.02. The van der Waals surface area contributed by atoms with E-state index in [1.165, 1.54) is 5.56 Å². The van der Waals surface area contributed by atoms with Crippen molar-refractivity contribution in [3.8, 4) is 11.4 Å². The molecular weight excluding hydrogens is 450 g/mol. The SMILES string of the molecule is CC(=NOCC(C)(C)CON=C1CCCc2ccc(-c3cccc(C)n3)nc21)c1cc(C)cc(C)n1. The lowest BCUT2D eigenvalue weighted by molar-refractivity contribution is -0.000158. The van der Waals surface area contributed by atoms with Gasteiger partial charge >= 0.3 is 0 Å². The first kappa shape index (κ1) is 25.5. The highest BCUT2D eigenvalue weighted by molar-refractivity contribution is 6.01. The Morgan fingerprint density at radius 2 is 1.67 bits per heavy atom. The van der Waals surface area contributed by atoms with Crippen LogP contribution >= 0.6 is 0 Å². The predicted octanol–water partition coefficient (Wildman–Crippen LogP) is 5.99. The van der Waals surface area contributed by atoms with Gasteiger partial charge in [-0.2, -0.15) is 0 Å².